The molecule has 0 atom stereocenters. The summed E-state index contributed by atoms with van der Waals surface area (Å²) in [4.78, 5) is 18.8. The molecule has 0 unspecified atom stereocenters. The molecule has 1 aromatic heterocycles. The van der Waals surface area contributed by atoms with Crippen LogP contribution in [-0.2, 0) is 11.3 Å². The number of aliphatic carboxylic acids is 1. The number of carbonyl (C=O) groups is 1. The summed E-state index contributed by atoms with van der Waals surface area (Å²) in [6.45, 7) is 6.09. The van der Waals surface area contributed by atoms with Crippen molar-refractivity contribution in [3.05, 3.63) is 60.3 Å². The van der Waals surface area contributed by atoms with Crippen LogP contribution in [-0.4, -0.2) is 40.2 Å². The van der Waals surface area contributed by atoms with Crippen LogP contribution >= 0.6 is 23.7 Å². The molecule has 30 heavy (non-hydrogen) atoms. The van der Waals surface area contributed by atoms with Crippen LogP contribution in [0, 0.1) is 5.92 Å². The number of benzene rings is 2. The number of nitrogens with zero attached hydrogens (tertiary/aromatic N) is 2. The van der Waals surface area contributed by atoms with E-state index in [1.165, 1.54) is 5.56 Å². The zero-order valence-corrected chi connectivity index (χ0v) is 18.6. The van der Waals surface area contributed by atoms with Crippen molar-refractivity contribution in [3.8, 4) is 26.8 Å². The van der Waals surface area contributed by atoms with Gasteiger partial charge in [-0.25, -0.2) is 4.98 Å². The Morgan fingerprint density at radius 1 is 1.13 bits per heavy atom. The van der Waals surface area contributed by atoms with Crippen LogP contribution in [0.15, 0.2) is 54.7 Å². The predicted octanol–water partition coefficient (Wildman–Crippen LogP) is 5.20. The molecule has 0 amide bonds. The topological polar surface area (TPSA) is 62.7 Å². The highest BCUT2D eigenvalue weighted by molar-refractivity contribution is 7.18. The van der Waals surface area contributed by atoms with Gasteiger partial charge in [-0.05, 0) is 49.2 Å². The first-order valence-corrected chi connectivity index (χ1v) is 10.6. The fourth-order valence-electron chi connectivity index (χ4n) is 3.38. The molecular weight excluding hydrogens is 420 g/mol. The van der Waals surface area contributed by atoms with Crippen LogP contribution in [0.3, 0.4) is 0 Å². The molecule has 2 heterocycles. The molecule has 7 heteroatoms. The van der Waals surface area contributed by atoms with Gasteiger partial charge in [-0.3, -0.25) is 9.69 Å². The van der Waals surface area contributed by atoms with E-state index >= 15 is 0 Å². The molecule has 0 aliphatic carbocycles. The Morgan fingerprint density at radius 2 is 1.77 bits per heavy atom. The Hall–Kier alpha value is -2.41. The second-order valence-electron chi connectivity index (χ2n) is 7.65. The van der Waals surface area contributed by atoms with Crippen molar-refractivity contribution in [1.82, 2.24) is 9.88 Å². The Kier molecular flexibility index (Phi) is 7.13. The first kappa shape index (κ1) is 22.3. The van der Waals surface area contributed by atoms with Gasteiger partial charge >= 0.3 is 5.97 Å². The van der Waals surface area contributed by atoms with E-state index in [0.717, 1.165) is 33.3 Å². The van der Waals surface area contributed by atoms with E-state index in [-0.39, 0.29) is 24.4 Å². The second-order valence-corrected chi connectivity index (χ2v) is 8.68. The Labute approximate surface area is 186 Å². The number of aromatic nitrogens is 1. The van der Waals surface area contributed by atoms with Gasteiger partial charge in [0.05, 0.1) is 16.9 Å². The van der Waals surface area contributed by atoms with E-state index in [1.807, 2.05) is 32.2 Å². The number of carboxylic acids is 1. The van der Waals surface area contributed by atoms with Gasteiger partial charge in [0.2, 0.25) is 0 Å². The number of thiazole rings is 1. The molecule has 1 N–H and O–H groups in total. The summed E-state index contributed by atoms with van der Waals surface area (Å²) in [6.07, 6.45) is 2.08. The highest BCUT2D eigenvalue weighted by atomic mass is 35.5. The van der Waals surface area contributed by atoms with Crippen molar-refractivity contribution in [2.75, 3.05) is 13.1 Å². The lowest BCUT2D eigenvalue weighted by Crippen LogP contribution is -2.49. The van der Waals surface area contributed by atoms with E-state index in [9.17, 15) is 4.79 Å². The van der Waals surface area contributed by atoms with Gasteiger partial charge in [-0.1, -0.05) is 24.3 Å². The van der Waals surface area contributed by atoms with Crippen LogP contribution in [0.2, 0.25) is 0 Å². The van der Waals surface area contributed by atoms with Gasteiger partial charge in [0.15, 0.2) is 0 Å². The molecule has 3 aromatic rings. The van der Waals surface area contributed by atoms with Gasteiger partial charge in [-0.2, -0.15) is 0 Å². The van der Waals surface area contributed by atoms with Gasteiger partial charge in [-0.15, -0.1) is 23.7 Å². The lowest BCUT2D eigenvalue weighted by atomic mass is 9.99. The summed E-state index contributed by atoms with van der Waals surface area (Å²) >= 11 is 1.67. The number of hydrogen-bond donors (Lipinski definition) is 1. The molecule has 0 radical (unpaired) electrons. The lowest BCUT2D eigenvalue weighted by Gasteiger charge is -2.36. The number of halogens is 1. The molecule has 1 aliphatic rings. The fourth-order valence-corrected chi connectivity index (χ4v) is 4.30. The fraction of sp³-hybridized carbons (Fsp3) is 0.304. The van der Waals surface area contributed by atoms with E-state index in [0.29, 0.717) is 13.1 Å². The van der Waals surface area contributed by atoms with Crippen molar-refractivity contribution < 1.29 is 14.6 Å². The third-order valence-corrected chi connectivity index (χ3v) is 6.03. The van der Waals surface area contributed by atoms with Crippen LogP contribution in [0.1, 0.15) is 19.4 Å². The maximum Gasteiger partial charge on any atom is 0.309 e. The average Bonchev–Trinajstić information content (AvgIpc) is 3.15. The smallest absolute Gasteiger partial charge is 0.309 e. The summed E-state index contributed by atoms with van der Waals surface area (Å²) in [5.41, 5.74) is 3.42. The average molecular weight is 445 g/mol. The van der Waals surface area contributed by atoms with Crippen molar-refractivity contribution >= 4 is 29.7 Å². The molecule has 0 spiro atoms. The number of likely N-dealkylation sites (tertiary alicyclic amines) is 1. The van der Waals surface area contributed by atoms with Crippen LogP contribution < -0.4 is 4.74 Å². The minimum atomic E-state index is -0.696. The van der Waals surface area contributed by atoms with E-state index in [1.54, 1.807) is 11.3 Å². The molecule has 158 valence electrons. The zero-order chi connectivity index (χ0) is 20.4. The zero-order valence-electron chi connectivity index (χ0n) is 16.9. The van der Waals surface area contributed by atoms with Crippen molar-refractivity contribution in [3.63, 3.8) is 0 Å². The molecule has 2 aromatic carbocycles. The summed E-state index contributed by atoms with van der Waals surface area (Å²) in [5.74, 6) is -0.0340. The number of rotatable bonds is 7. The molecule has 1 fully saturated rings. The lowest BCUT2D eigenvalue weighted by molar-refractivity contribution is -0.147. The van der Waals surface area contributed by atoms with Gasteiger partial charge < -0.3 is 9.84 Å². The third-order valence-electron chi connectivity index (χ3n) is 4.93. The summed E-state index contributed by atoms with van der Waals surface area (Å²) in [7, 11) is 0. The van der Waals surface area contributed by atoms with Gasteiger partial charge in [0.1, 0.15) is 10.8 Å². The van der Waals surface area contributed by atoms with Gasteiger partial charge in [0.25, 0.3) is 0 Å². The third kappa shape index (κ3) is 5.19. The second kappa shape index (κ2) is 9.60. The normalized spacial score (nSPS) is 14.2. The van der Waals surface area contributed by atoms with Crippen molar-refractivity contribution in [2.24, 2.45) is 5.92 Å². The molecule has 0 bridgehead atoms. The summed E-state index contributed by atoms with van der Waals surface area (Å²) in [6, 6.07) is 16.5. The monoisotopic (exact) mass is 444 g/mol. The van der Waals surface area contributed by atoms with Crippen LogP contribution in [0.25, 0.3) is 21.0 Å². The first-order valence-electron chi connectivity index (χ1n) is 9.75. The minimum absolute atomic E-state index is 0. The molecular formula is C23H25ClN2O3S. The standard InChI is InChI=1S/C23H24N2O3S.ClH/c1-15(2)28-20-9-7-17(8-10-20)21-11-24-22(29-21)18-5-3-16(4-6-18)12-25-13-19(14-25)23(26)27;/h3-11,15,19H,12-14H2,1-2H3,(H,26,27);1H. The SMILES string of the molecule is CC(C)Oc1ccc(-c2cnc(-c3ccc(CN4CC(C(=O)O)C4)cc3)s2)cc1.Cl. The van der Waals surface area contributed by atoms with E-state index in [4.69, 9.17) is 9.84 Å². The highest BCUT2D eigenvalue weighted by Gasteiger charge is 2.32. The maximum atomic E-state index is 10.9. The van der Waals surface area contributed by atoms with Crippen LogP contribution in [0.4, 0.5) is 0 Å². The van der Waals surface area contributed by atoms with Gasteiger partial charge in [0, 0.05) is 31.4 Å². The minimum Gasteiger partial charge on any atom is -0.491 e. The molecule has 1 aliphatic heterocycles. The summed E-state index contributed by atoms with van der Waals surface area (Å²) in [5, 5.41) is 9.96. The number of carboxylic acid groups (broad SMARTS) is 1. The predicted molar refractivity (Wildman–Crippen MR) is 122 cm³/mol. The summed E-state index contributed by atoms with van der Waals surface area (Å²) < 4.78 is 5.70. The molecule has 4 rings (SSSR count). The largest absolute Gasteiger partial charge is 0.491 e. The maximum absolute atomic E-state index is 10.9. The van der Waals surface area contributed by atoms with E-state index in [2.05, 4.69) is 46.3 Å². The van der Waals surface area contributed by atoms with E-state index < -0.39 is 5.97 Å². The molecule has 0 saturated carbocycles. The Bertz CT molecular complexity index is 980. The highest BCUT2D eigenvalue weighted by Crippen LogP contribution is 2.33. The van der Waals surface area contributed by atoms with Crippen molar-refractivity contribution in [2.45, 2.75) is 26.5 Å². The Morgan fingerprint density at radius 3 is 2.37 bits per heavy atom. The quantitative estimate of drug-likeness (QED) is 0.542. The van der Waals surface area contributed by atoms with Crippen LogP contribution in [0.5, 0.6) is 5.75 Å². The number of hydrogen-bond acceptors (Lipinski definition) is 5. The van der Waals surface area contributed by atoms with Crippen molar-refractivity contribution in [1.29, 1.82) is 0 Å². The molecule has 5 nitrogen and oxygen atoms in total. The first-order chi connectivity index (χ1) is 14.0. The molecule has 1 saturated heterocycles. The number of ether oxygens (including phenoxy) is 1. The Balaban J connectivity index is 0.00000256.